The number of rotatable bonds is 5. The van der Waals surface area contributed by atoms with Crippen LogP contribution in [0, 0.1) is 17.6 Å². The number of anilines is 1. The van der Waals surface area contributed by atoms with Crippen molar-refractivity contribution in [2.75, 3.05) is 31.1 Å². The van der Waals surface area contributed by atoms with Crippen molar-refractivity contribution in [2.45, 2.75) is 81.6 Å². The van der Waals surface area contributed by atoms with Crippen molar-refractivity contribution in [3.8, 4) is 17.0 Å². The highest BCUT2D eigenvalue weighted by Gasteiger charge is 2.62. The zero-order chi connectivity index (χ0) is 30.6. The number of aromatic hydroxyl groups is 1. The first kappa shape index (κ1) is 27.8. The van der Waals surface area contributed by atoms with Crippen LogP contribution in [-0.2, 0) is 6.42 Å². The highest BCUT2D eigenvalue weighted by Crippen LogP contribution is 2.61. The first-order valence-corrected chi connectivity index (χ1v) is 16.5. The average molecular weight is 615 g/mol. The molecule has 0 amide bonds. The van der Waals surface area contributed by atoms with Crippen molar-refractivity contribution in [1.82, 2.24) is 25.2 Å². The highest BCUT2D eigenvalue weighted by molar-refractivity contribution is 6.01. The largest absolute Gasteiger partial charge is 0.508 e. The second-order valence-electron chi connectivity index (χ2n) is 14.0. The minimum absolute atomic E-state index is 0.0312. The summed E-state index contributed by atoms with van der Waals surface area (Å²) < 4.78 is 46.7. The van der Waals surface area contributed by atoms with E-state index in [2.05, 4.69) is 20.1 Å². The summed E-state index contributed by atoms with van der Waals surface area (Å²) in [5, 5.41) is 16.0. The number of halogens is 3. The van der Waals surface area contributed by atoms with Crippen molar-refractivity contribution in [1.29, 1.82) is 0 Å². The van der Waals surface area contributed by atoms with Gasteiger partial charge in [-0.3, -0.25) is 9.88 Å². The molecule has 7 nitrogen and oxygen atoms in total. The maximum atomic E-state index is 17.0. The Bertz CT molecular complexity index is 1860. The predicted octanol–water partition coefficient (Wildman–Crippen LogP) is 6.01. The van der Waals surface area contributed by atoms with Crippen molar-refractivity contribution < 1.29 is 18.3 Å². The summed E-state index contributed by atoms with van der Waals surface area (Å²) in [5.74, 6) is 0.591. The molecule has 2 N–H and O–H groups in total. The lowest BCUT2D eigenvalue weighted by Gasteiger charge is -2.34. The number of hydrogen-bond donors (Lipinski definition) is 2. The molecular weight excluding hydrogens is 577 g/mol. The van der Waals surface area contributed by atoms with Gasteiger partial charge in [0.2, 0.25) is 0 Å². The van der Waals surface area contributed by atoms with Gasteiger partial charge < -0.3 is 15.3 Å². The summed E-state index contributed by atoms with van der Waals surface area (Å²) in [5.41, 5.74) is 0.863. The van der Waals surface area contributed by atoms with E-state index in [0.717, 1.165) is 51.7 Å². The first-order valence-electron chi connectivity index (χ1n) is 16.5. The summed E-state index contributed by atoms with van der Waals surface area (Å²) in [6.07, 6.45) is 6.92. The normalized spacial score (nSPS) is 30.9. The molecule has 5 fully saturated rings. The van der Waals surface area contributed by atoms with Crippen molar-refractivity contribution in [2.24, 2.45) is 5.92 Å². The Kier molecular flexibility index (Phi) is 6.17. The molecule has 6 atom stereocenters. The lowest BCUT2D eigenvalue weighted by atomic mass is 9.87. The van der Waals surface area contributed by atoms with Gasteiger partial charge in [-0.15, -0.1) is 0 Å². The molecule has 0 radical (unpaired) electrons. The van der Waals surface area contributed by atoms with E-state index < -0.39 is 12.0 Å². The molecule has 5 aliphatic rings. The van der Waals surface area contributed by atoms with Gasteiger partial charge in [0.15, 0.2) is 5.82 Å². The Morgan fingerprint density at radius 1 is 1.09 bits per heavy atom. The number of nitrogens with one attached hydrogen (secondary N) is 1. The van der Waals surface area contributed by atoms with Gasteiger partial charge in [0.25, 0.3) is 0 Å². The number of nitrogens with zero attached hydrogens (tertiary/aromatic N) is 5. The summed E-state index contributed by atoms with van der Waals surface area (Å²) in [6.45, 7) is 4.84. The number of piperazine rings is 1. The quantitative estimate of drug-likeness (QED) is 0.285. The Morgan fingerprint density at radius 2 is 1.91 bits per heavy atom. The zero-order valence-electron chi connectivity index (χ0n) is 25.4. The van der Waals surface area contributed by atoms with E-state index in [1.165, 1.54) is 12.1 Å². The van der Waals surface area contributed by atoms with E-state index in [9.17, 15) is 13.9 Å². The number of alkyl halides is 1. The van der Waals surface area contributed by atoms with Crippen LogP contribution in [0.3, 0.4) is 0 Å². The van der Waals surface area contributed by atoms with Crippen LogP contribution in [-0.4, -0.2) is 74.9 Å². The summed E-state index contributed by atoms with van der Waals surface area (Å²) in [7, 11) is 0. The third-order valence-electron chi connectivity index (χ3n) is 11.4. The highest BCUT2D eigenvalue weighted by atomic mass is 19.1. The maximum Gasteiger partial charge on any atom is 0.175 e. The van der Waals surface area contributed by atoms with E-state index in [-0.39, 0.29) is 40.2 Å². The molecule has 9 rings (SSSR count). The van der Waals surface area contributed by atoms with E-state index in [1.54, 1.807) is 18.3 Å². The molecule has 5 unspecified atom stereocenters. The fourth-order valence-electron chi connectivity index (χ4n) is 9.45. The number of aromatic nitrogens is 3. The molecule has 4 aliphatic heterocycles. The topological polar surface area (TPSA) is 77.4 Å². The number of benzene rings is 2. The Morgan fingerprint density at radius 3 is 2.71 bits per heavy atom. The van der Waals surface area contributed by atoms with Gasteiger partial charge in [0, 0.05) is 54.9 Å². The molecule has 10 heteroatoms. The number of phenols is 1. The fourth-order valence-corrected chi connectivity index (χ4v) is 9.45. The van der Waals surface area contributed by atoms with Gasteiger partial charge in [-0.05, 0) is 91.9 Å². The van der Waals surface area contributed by atoms with Crippen LogP contribution >= 0.6 is 0 Å². The molecule has 4 aromatic rings. The average Bonchev–Trinajstić information content (AvgIpc) is 3.50. The summed E-state index contributed by atoms with van der Waals surface area (Å²) in [6, 6.07) is 6.73. The number of aryl methyl sites for hydroxylation is 1. The van der Waals surface area contributed by atoms with Crippen LogP contribution in [0.2, 0.25) is 0 Å². The molecule has 1 aliphatic carbocycles. The molecule has 2 aromatic carbocycles. The van der Waals surface area contributed by atoms with Crippen molar-refractivity contribution in [3.05, 3.63) is 53.5 Å². The minimum atomic E-state index is -0.808. The second-order valence-corrected chi connectivity index (χ2v) is 14.0. The van der Waals surface area contributed by atoms with Crippen LogP contribution in [0.25, 0.3) is 32.9 Å². The van der Waals surface area contributed by atoms with Gasteiger partial charge in [-0.1, -0.05) is 13.0 Å². The maximum absolute atomic E-state index is 17.0. The van der Waals surface area contributed by atoms with Gasteiger partial charge in [0.05, 0.1) is 5.39 Å². The van der Waals surface area contributed by atoms with Crippen LogP contribution in [0.5, 0.6) is 5.75 Å². The van der Waals surface area contributed by atoms with E-state index in [0.29, 0.717) is 70.4 Å². The lowest BCUT2D eigenvalue weighted by molar-refractivity contribution is 0.163. The van der Waals surface area contributed by atoms with E-state index in [4.69, 9.17) is 9.97 Å². The van der Waals surface area contributed by atoms with Gasteiger partial charge >= 0.3 is 0 Å². The van der Waals surface area contributed by atoms with Crippen LogP contribution in [0.1, 0.15) is 62.8 Å². The standard InChI is InChI=1S/C35H37F3N6O/c1-2-23-28(37)7-4-18-10-22(45)11-25(29(18)23)31-30(38)32-26(14-39-31)34(43-16-20-5-6-21(17-43)40-20)42-33(41-32)24-12-27(24)35-8-3-9-44(35)15-19(36)13-35/h4,7,10-11,14,19-21,24,27,40,45H,2-3,5-6,8-9,12-13,15-17H2,1H3/t19-,20?,21?,24?,27?,35?/m1/s1. The van der Waals surface area contributed by atoms with Gasteiger partial charge in [0.1, 0.15) is 40.6 Å². The fraction of sp³-hybridized carbons (Fsp3) is 0.514. The molecule has 2 bridgehead atoms. The van der Waals surface area contributed by atoms with E-state index >= 15 is 4.39 Å². The number of fused-ring (bicyclic) bond motifs is 5. The molecular formula is C35H37F3N6O. The van der Waals surface area contributed by atoms with E-state index in [1.807, 2.05) is 6.92 Å². The number of phenolic OH excluding ortho intramolecular Hbond substituents is 1. The minimum Gasteiger partial charge on any atom is -0.508 e. The second kappa shape index (κ2) is 10.00. The third-order valence-corrected chi connectivity index (χ3v) is 11.4. The van der Waals surface area contributed by atoms with Gasteiger partial charge in [-0.25, -0.2) is 23.1 Å². The Labute approximate surface area is 259 Å². The molecule has 6 heterocycles. The smallest absolute Gasteiger partial charge is 0.175 e. The molecule has 45 heavy (non-hydrogen) atoms. The van der Waals surface area contributed by atoms with Crippen molar-refractivity contribution >= 4 is 27.5 Å². The predicted molar refractivity (Wildman–Crippen MR) is 167 cm³/mol. The molecule has 0 spiro atoms. The Balaban J connectivity index is 1.21. The number of pyridine rings is 1. The van der Waals surface area contributed by atoms with Gasteiger partial charge in [-0.2, -0.15) is 0 Å². The molecule has 2 aromatic heterocycles. The first-order chi connectivity index (χ1) is 21.8. The third kappa shape index (κ3) is 4.20. The number of hydrogen-bond acceptors (Lipinski definition) is 7. The molecule has 4 saturated heterocycles. The monoisotopic (exact) mass is 614 g/mol. The Hall–Kier alpha value is -3.50. The molecule has 1 saturated carbocycles. The van der Waals surface area contributed by atoms with Crippen LogP contribution in [0.15, 0.2) is 30.5 Å². The van der Waals surface area contributed by atoms with Crippen molar-refractivity contribution in [3.63, 3.8) is 0 Å². The molecule has 234 valence electrons. The van der Waals surface area contributed by atoms with Crippen LogP contribution in [0.4, 0.5) is 19.0 Å². The van der Waals surface area contributed by atoms with Crippen LogP contribution < -0.4 is 10.2 Å². The zero-order valence-corrected chi connectivity index (χ0v) is 25.4. The SMILES string of the molecule is CCc1c(F)ccc2cc(O)cc(-c3ncc4c(N5CC6CCC(C5)N6)nc(C5CC5C56CCCN5C[C@H](F)C6)nc4c3F)c12. The summed E-state index contributed by atoms with van der Waals surface area (Å²) >= 11 is 0. The summed E-state index contributed by atoms with van der Waals surface area (Å²) in [4.78, 5) is 19.3. The lowest BCUT2D eigenvalue weighted by Crippen LogP contribution is -2.51.